The van der Waals surface area contributed by atoms with Gasteiger partial charge in [-0.3, -0.25) is 0 Å². The van der Waals surface area contributed by atoms with Gasteiger partial charge in [-0.15, -0.1) is 0 Å². The van der Waals surface area contributed by atoms with Crippen molar-refractivity contribution in [2.24, 2.45) is 0 Å². The maximum Gasteiger partial charge on any atom is 0.222 e. The number of nitrogens with two attached hydrogens (primary N) is 1. The summed E-state index contributed by atoms with van der Waals surface area (Å²) in [5, 5.41) is 12.0. The van der Waals surface area contributed by atoms with E-state index in [1.807, 2.05) is 6.07 Å². The topological polar surface area (TPSA) is 75.8 Å². The van der Waals surface area contributed by atoms with E-state index in [-0.39, 0.29) is 11.8 Å². The minimum Gasteiger partial charge on any atom is -0.368 e. The highest BCUT2D eigenvalue weighted by Crippen LogP contribution is 2.14. The molecule has 0 fully saturated rings. The largest absolute Gasteiger partial charge is 0.368 e. The van der Waals surface area contributed by atoms with Crippen LogP contribution in [0.2, 0.25) is 0 Å². The van der Waals surface area contributed by atoms with Gasteiger partial charge in [-0.05, 0) is 6.92 Å². The molecule has 0 aliphatic rings. The maximum atomic E-state index is 8.42. The van der Waals surface area contributed by atoms with E-state index < -0.39 is 0 Å². The summed E-state index contributed by atoms with van der Waals surface area (Å²) in [4.78, 5) is 0. The van der Waals surface area contributed by atoms with Crippen LogP contribution in [0, 0.1) is 11.3 Å². The lowest BCUT2D eigenvalue weighted by atomic mass is 10.1. The Bertz CT molecular complexity index is 260. The SMILES string of the molecule is CC(C#N)c1cc(N)on1. The average Bonchev–Trinajstić information content (AvgIpc) is 2.34. The van der Waals surface area contributed by atoms with Crippen LogP contribution >= 0.6 is 0 Å². The van der Waals surface area contributed by atoms with Crippen molar-refractivity contribution >= 4 is 5.88 Å². The summed E-state index contributed by atoms with van der Waals surface area (Å²) in [6.45, 7) is 1.73. The molecule has 0 radical (unpaired) electrons. The molecule has 1 aromatic heterocycles. The van der Waals surface area contributed by atoms with E-state index in [9.17, 15) is 0 Å². The third-order valence-electron chi connectivity index (χ3n) is 1.18. The van der Waals surface area contributed by atoms with Crippen LogP contribution in [0.3, 0.4) is 0 Å². The van der Waals surface area contributed by atoms with Crippen molar-refractivity contribution in [3.63, 3.8) is 0 Å². The van der Waals surface area contributed by atoms with Gasteiger partial charge in [-0.2, -0.15) is 5.26 Å². The van der Waals surface area contributed by atoms with Crippen molar-refractivity contribution in [2.45, 2.75) is 12.8 Å². The van der Waals surface area contributed by atoms with Crippen LogP contribution in [-0.2, 0) is 0 Å². The Labute approximate surface area is 58.2 Å². The molecular formula is C6H7N3O. The summed E-state index contributed by atoms with van der Waals surface area (Å²) < 4.78 is 4.56. The van der Waals surface area contributed by atoms with Crippen molar-refractivity contribution < 1.29 is 4.52 Å². The van der Waals surface area contributed by atoms with Crippen LogP contribution in [-0.4, -0.2) is 5.16 Å². The first-order chi connectivity index (χ1) is 4.74. The number of nitrogen functional groups attached to an aromatic ring is 1. The van der Waals surface area contributed by atoms with Crippen LogP contribution in [0.4, 0.5) is 5.88 Å². The first-order valence-corrected chi connectivity index (χ1v) is 2.85. The van der Waals surface area contributed by atoms with Gasteiger partial charge < -0.3 is 10.3 Å². The van der Waals surface area contributed by atoms with Gasteiger partial charge in [0.1, 0.15) is 5.69 Å². The van der Waals surface area contributed by atoms with Gasteiger partial charge in [-0.25, -0.2) is 0 Å². The van der Waals surface area contributed by atoms with E-state index in [0.29, 0.717) is 5.69 Å². The molecular weight excluding hydrogens is 130 g/mol. The lowest BCUT2D eigenvalue weighted by Gasteiger charge is -1.89. The quantitative estimate of drug-likeness (QED) is 0.623. The number of rotatable bonds is 1. The number of aromatic nitrogens is 1. The summed E-state index contributed by atoms with van der Waals surface area (Å²) in [6.07, 6.45) is 0. The van der Waals surface area contributed by atoms with Gasteiger partial charge >= 0.3 is 0 Å². The van der Waals surface area contributed by atoms with Crippen LogP contribution < -0.4 is 5.73 Å². The number of nitriles is 1. The third kappa shape index (κ3) is 1.08. The first-order valence-electron chi connectivity index (χ1n) is 2.85. The second kappa shape index (κ2) is 2.40. The highest BCUT2D eigenvalue weighted by molar-refractivity contribution is 5.28. The van der Waals surface area contributed by atoms with E-state index in [0.717, 1.165) is 0 Å². The molecule has 1 aromatic rings. The summed E-state index contributed by atoms with van der Waals surface area (Å²) in [6, 6.07) is 3.57. The van der Waals surface area contributed by atoms with E-state index in [1.165, 1.54) is 0 Å². The molecule has 0 bridgehead atoms. The highest BCUT2D eigenvalue weighted by atomic mass is 16.5. The zero-order valence-corrected chi connectivity index (χ0v) is 5.53. The number of anilines is 1. The Morgan fingerprint density at radius 2 is 2.60 bits per heavy atom. The highest BCUT2D eigenvalue weighted by Gasteiger charge is 2.07. The molecule has 1 unspecified atom stereocenters. The standard InChI is InChI=1S/C6H7N3O/c1-4(3-7)5-2-6(8)10-9-5/h2,4H,8H2,1H3. The summed E-state index contributed by atoms with van der Waals surface area (Å²) in [5.41, 5.74) is 5.82. The summed E-state index contributed by atoms with van der Waals surface area (Å²) >= 11 is 0. The predicted octanol–water partition coefficient (Wildman–Crippen LogP) is 0.884. The second-order valence-electron chi connectivity index (χ2n) is 2.00. The van der Waals surface area contributed by atoms with Gasteiger partial charge in [0.2, 0.25) is 5.88 Å². The van der Waals surface area contributed by atoms with E-state index in [1.54, 1.807) is 13.0 Å². The zero-order chi connectivity index (χ0) is 7.56. The lowest BCUT2D eigenvalue weighted by molar-refractivity contribution is 0.426. The maximum absolute atomic E-state index is 8.42. The Hall–Kier alpha value is -1.50. The van der Waals surface area contributed by atoms with Crippen LogP contribution in [0.1, 0.15) is 18.5 Å². The predicted molar refractivity (Wildman–Crippen MR) is 34.9 cm³/mol. The molecule has 0 saturated heterocycles. The molecule has 1 heterocycles. The van der Waals surface area contributed by atoms with Crippen molar-refractivity contribution in [3.8, 4) is 6.07 Å². The molecule has 4 heteroatoms. The minimum absolute atomic E-state index is 0.247. The normalized spacial score (nSPS) is 12.4. The molecule has 4 nitrogen and oxygen atoms in total. The minimum atomic E-state index is -0.249. The number of hydrogen-bond donors (Lipinski definition) is 1. The zero-order valence-electron chi connectivity index (χ0n) is 5.53. The monoisotopic (exact) mass is 137 g/mol. The molecule has 1 atom stereocenters. The fourth-order valence-electron chi connectivity index (χ4n) is 0.574. The van der Waals surface area contributed by atoms with Gasteiger partial charge in [0, 0.05) is 6.07 Å². The molecule has 0 saturated carbocycles. The summed E-state index contributed by atoms with van der Waals surface area (Å²) in [7, 11) is 0. The molecule has 10 heavy (non-hydrogen) atoms. The molecule has 1 rings (SSSR count). The van der Waals surface area contributed by atoms with Crippen LogP contribution in [0.5, 0.6) is 0 Å². The smallest absolute Gasteiger partial charge is 0.222 e. The Balaban J connectivity index is 2.87. The number of hydrogen-bond acceptors (Lipinski definition) is 4. The first kappa shape index (κ1) is 6.62. The Morgan fingerprint density at radius 1 is 1.90 bits per heavy atom. The molecule has 52 valence electrons. The molecule has 0 spiro atoms. The van der Waals surface area contributed by atoms with Gasteiger partial charge in [0.15, 0.2) is 0 Å². The molecule has 0 amide bonds. The van der Waals surface area contributed by atoms with Gasteiger partial charge in [0.05, 0.1) is 12.0 Å². The van der Waals surface area contributed by atoms with Crippen molar-refractivity contribution in [2.75, 3.05) is 5.73 Å². The molecule has 0 aliphatic heterocycles. The second-order valence-corrected chi connectivity index (χ2v) is 2.00. The molecule has 0 aliphatic carbocycles. The summed E-state index contributed by atoms with van der Waals surface area (Å²) in [5.74, 6) is -0.00171. The van der Waals surface area contributed by atoms with Crippen molar-refractivity contribution in [3.05, 3.63) is 11.8 Å². The molecule has 2 N–H and O–H groups in total. The fourth-order valence-corrected chi connectivity index (χ4v) is 0.574. The van der Waals surface area contributed by atoms with Gasteiger partial charge in [-0.1, -0.05) is 5.16 Å². The van der Waals surface area contributed by atoms with Crippen molar-refractivity contribution in [1.82, 2.24) is 5.16 Å². The van der Waals surface area contributed by atoms with Crippen LogP contribution in [0.15, 0.2) is 10.6 Å². The number of nitrogens with zero attached hydrogens (tertiary/aromatic N) is 2. The van der Waals surface area contributed by atoms with Crippen LogP contribution in [0.25, 0.3) is 0 Å². The average molecular weight is 137 g/mol. The Morgan fingerprint density at radius 3 is 3.00 bits per heavy atom. The fraction of sp³-hybridized carbons (Fsp3) is 0.333. The van der Waals surface area contributed by atoms with E-state index >= 15 is 0 Å². The van der Waals surface area contributed by atoms with Gasteiger partial charge in [0.25, 0.3) is 0 Å². The lowest BCUT2D eigenvalue weighted by Crippen LogP contribution is -1.87. The van der Waals surface area contributed by atoms with E-state index in [4.69, 9.17) is 11.0 Å². The van der Waals surface area contributed by atoms with E-state index in [2.05, 4.69) is 9.68 Å². The Kier molecular flexibility index (Phi) is 1.59. The third-order valence-corrected chi connectivity index (χ3v) is 1.18. The molecule has 0 aromatic carbocycles. The van der Waals surface area contributed by atoms with Crippen molar-refractivity contribution in [1.29, 1.82) is 5.26 Å².